The molecule has 0 bridgehead atoms. The SMILES string of the molecule is C/C(=N\NC(=O)c1cc(C(C)(C)C)c(O)c(C(C)(C)C)c1)c1ccc(-c2ccccc2)cc1. The zero-order chi connectivity index (χ0) is 24.4. The van der Waals surface area contributed by atoms with Crippen LogP contribution in [0.4, 0.5) is 0 Å². The standard InChI is InChI=1S/C29H34N2O2/c1-19(20-13-15-22(16-14-20)21-11-9-8-10-12-21)30-31-27(33)23-17-24(28(2,3)4)26(32)25(18-23)29(5,6)7/h8-18,32H,1-7H3,(H,31,33)/b30-19+. The summed E-state index contributed by atoms with van der Waals surface area (Å²) in [6.07, 6.45) is 0. The maximum Gasteiger partial charge on any atom is 0.271 e. The number of amides is 1. The van der Waals surface area contributed by atoms with Crippen molar-refractivity contribution in [1.29, 1.82) is 0 Å². The number of hydrazone groups is 1. The van der Waals surface area contributed by atoms with Crippen LogP contribution in [0.25, 0.3) is 11.1 Å². The molecule has 0 aliphatic carbocycles. The molecule has 3 aromatic carbocycles. The number of aromatic hydroxyl groups is 1. The van der Waals surface area contributed by atoms with Crippen molar-refractivity contribution in [1.82, 2.24) is 5.43 Å². The van der Waals surface area contributed by atoms with Gasteiger partial charge in [-0.2, -0.15) is 5.10 Å². The molecule has 0 aliphatic heterocycles. The largest absolute Gasteiger partial charge is 0.507 e. The van der Waals surface area contributed by atoms with Crippen molar-refractivity contribution in [3.05, 3.63) is 89.0 Å². The summed E-state index contributed by atoms with van der Waals surface area (Å²) in [5.41, 5.74) is 7.99. The lowest BCUT2D eigenvalue weighted by molar-refractivity contribution is 0.0954. The Hall–Kier alpha value is -3.40. The Morgan fingerprint density at radius 3 is 1.73 bits per heavy atom. The highest BCUT2D eigenvalue weighted by molar-refractivity contribution is 6.01. The fourth-order valence-electron chi connectivity index (χ4n) is 3.71. The molecule has 4 nitrogen and oxygen atoms in total. The number of phenolic OH excluding ortho intramolecular Hbond substituents is 1. The van der Waals surface area contributed by atoms with Crippen LogP contribution in [0, 0.1) is 0 Å². The van der Waals surface area contributed by atoms with Crippen LogP contribution >= 0.6 is 0 Å². The van der Waals surface area contributed by atoms with Gasteiger partial charge in [-0.15, -0.1) is 0 Å². The molecule has 0 atom stereocenters. The second-order valence-electron chi connectivity index (χ2n) is 10.5. The van der Waals surface area contributed by atoms with Crippen LogP contribution in [-0.2, 0) is 10.8 Å². The Labute approximate surface area is 197 Å². The number of rotatable bonds is 4. The summed E-state index contributed by atoms with van der Waals surface area (Å²) in [5, 5.41) is 15.2. The summed E-state index contributed by atoms with van der Waals surface area (Å²) in [6, 6.07) is 21.8. The zero-order valence-electron chi connectivity index (χ0n) is 20.7. The highest BCUT2D eigenvalue weighted by atomic mass is 16.3. The van der Waals surface area contributed by atoms with Crippen molar-refractivity contribution in [2.24, 2.45) is 5.10 Å². The number of hydrogen-bond acceptors (Lipinski definition) is 3. The minimum absolute atomic E-state index is 0.254. The van der Waals surface area contributed by atoms with E-state index in [0.717, 1.165) is 27.8 Å². The summed E-state index contributed by atoms with van der Waals surface area (Å²) in [7, 11) is 0. The molecule has 33 heavy (non-hydrogen) atoms. The van der Waals surface area contributed by atoms with Gasteiger partial charge in [-0.1, -0.05) is 96.1 Å². The van der Waals surface area contributed by atoms with Crippen LogP contribution in [0.2, 0.25) is 0 Å². The van der Waals surface area contributed by atoms with Crippen LogP contribution < -0.4 is 5.43 Å². The Kier molecular flexibility index (Phi) is 6.78. The lowest BCUT2D eigenvalue weighted by atomic mass is 9.78. The zero-order valence-corrected chi connectivity index (χ0v) is 20.7. The predicted octanol–water partition coefficient (Wildman–Crippen LogP) is 6.81. The van der Waals surface area contributed by atoms with Crippen molar-refractivity contribution < 1.29 is 9.90 Å². The first-order valence-electron chi connectivity index (χ1n) is 11.3. The van der Waals surface area contributed by atoms with E-state index in [2.05, 4.69) is 34.8 Å². The van der Waals surface area contributed by atoms with Gasteiger partial charge in [0.2, 0.25) is 0 Å². The number of phenols is 1. The van der Waals surface area contributed by atoms with Crippen molar-refractivity contribution in [2.75, 3.05) is 0 Å². The van der Waals surface area contributed by atoms with Crippen LogP contribution in [0.1, 0.15) is 75.5 Å². The molecule has 3 aromatic rings. The topological polar surface area (TPSA) is 61.7 Å². The fourth-order valence-corrected chi connectivity index (χ4v) is 3.71. The van der Waals surface area contributed by atoms with E-state index in [4.69, 9.17) is 0 Å². The molecule has 0 aromatic heterocycles. The van der Waals surface area contributed by atoms with Gasteiger partial charge in [0.05, 0.1) is 5.71 Å². The number of hydrogen-bond donors (Lipinski definition) is 2. The third kappa shape index (κ3) is 5.70. The molecule has 0 heterocycles. The molecule has 0 saturated heterocycles. The monoisotopic (exact) mass is 442 g/mol. The Morgan fingerprint density at radius 1 is 0.758 bits per heavy atom. The average molecular weight is 443 g/mol. The molecular weight excluding hydrogens is 408 g/mol. The molecule has 0 radical (unpaired) electrons. The lowest BCUT2D eigenvalue weighted by Gasteiger charge is -2.28. The smallest absolute Gasteiger partial charge is 0.271 e. The first-order chi connectivity index (χ1) is 15.4. The summed E-state index contributed by atoms with van der Waals surface area (Å²) < 4.78 is 0. The first-order valence-corrected chi connectivity index (χ1v) is 11.3. The number of nitrogens with one attached hydrogen (secondary N) is 1. The van der Waals surface area contributed by atoms with Crippen molar-refractivity contribution in [2.45, 2.75) is 59.3 Å². The Balaban J connectivity index is 1.85. The second kappa shape index (κ2) is 9.22. The van der Waals surface area contributed by atoms with E-state index < -0.39 is 0 Å². The van der Waals surface area contributed by atoms with Gasteiger partial charge in [0.1, 0.15) is 5.75 Å². The van der Waals surface area contributed by atoms with Crippen molar-refractivity contribution >= 4 is 11.6 Å². The van der Waals surface area contributed by atoms with Gasteiger partial charge in [0.25, 0.3) is 5.91 Å². The molecule has 0 aliphatic rings. The summed E-state index contributed by atoms with van der Waals surface area (Å²) in [6.45, 7) is 14.0. The van der Waals surface area contributed by atoms with E-state index in [0.29, 0.717) is 11.3 Å². The highest BCUT2D eigenvalue weighted by Crippen LogP contribution is 2.39. The summed E-state index contributed by atoms with van der Waals surface area (Å²) in [5.74, 6) is -0.0454. The van der Waals surface area contributed by atoms with Crippen LogP contribution in [0.3, 0.4) is 0 Å². The van der Waals surface area contributed by atoms with E-state index in [-0.39, 0.29) is 22.5 Å². The third-order valence-electron chi connectivity index (χ3n) is 5.72. The Bertz CT molecular complexity index is 1130. The molecule has 172 valence electrons. The number of benzene rings is 3. The maximum absolute atomic E-state index is 13.0. The van der Waals surface area contributed by atoms with Crippen LogP contribution in [0.15, 0.2) is 71.8 Å². The number of nitrogens with zero attached hydrogens (tertiary/aromatic N) is 1. The molecule has 0 saturated carbocycles. The van der Waals surface area contributed by atoms with Gasteiger partial charge >= 0.3 is 0 Å². The van der Waals surface area contributed by atoms with Crippen LogP contribution in [-0.4, -0.2) is 16.7 Å². The molecule has 2 N–H and O–H groups in total. The fraction of sp³-hybridized carbons (Fsp3) is 0.310. The molecular formula is C29H34N2O2. The second-order valence-corrected chi connectivity index (χ2v) is 10.5. The van der Waals surface area contributed by atoms with Gasteiger partial charge in [-0.3, -0.25) is 4.79 Å². The van der Waals surface area contributed by atoms with Crippen molar-refractivity contribution in [3.8, 4) is 16.9 Å². The Morgan fingerprint density at radius 2 is 1.24 bits per heavy atom. The van der Waals surface area contributed by atoms with E-state index in [1.807, 2.05) is 78.8 Å². The van der Waals surface area contributed by atoms with Gasteiger partial charge < -0.3 is 5.11 Å². The molecule has 0 spiro atoms. The average Bonchev–Trinajstić information content (AvgIpc) is 2.76. The summed E-state index contributed by atoms with van der Waals surface area (Å²) in [4.78, 5) is 13.0. The van der Waals surface area contributed by atoms with E-state index in [1.54, 1.807) is 12.1 Å². The minimum atomic E-state index is -0.305. The first kappa shape index (κ1) is 24.2. The predicted molar refractivity (Wildman–Crippen MR) is 137 cm³/mol. The molecule has 0 unspecified atom stereocenters. The highest BCUT2D eigenvalue weighted by Gasteiger charge is 2.27. The van der Waals surface area contributed by atoms with Gasteiger partial charge in [0, 0.05) is 16.7 Å². The molecule has 1 amide bonds. The van der Waals surface area contributed by atoms with E-state index in [9.17, 15) is 9.90 Å². The molecule has 4 heteroatoms. The number of carbonyl (C=O) groups excluding carboxylic acids is 1. The van der Waals surface area contributed by atoms with Crippen LogP contribution in [0.5, 0.6) is 5.75 Å². The normalized spacial score (nSPS) is 12.5. The van der Waals surface area contributed by atoms with Crippen molar-refractivity contribution in [3.63, 3.8) is 0 Å². The maximum atomic E-state index is 13.0. The van der Waals surface area contributed by atoms with Gasteiger partial charge in [-0.05, 0) is 46.6 Å². The lowest BCUT2D eigenvalue weighted by Crippen LogP contribution is -2.23. The quantitative estimate of drug-likeness (QED) is 0.344. The minimum Gasteiger partial charge on any atom is -0.507 e. The van der Waals surface area contributed by atoms with Gasteiger partial charge in [0.15, 0.2) is 0 Å². The number of carbonyl (C=O) groups is 1. The van der Waals surface area contributed by atoms with E-state index >= 15 is 0 Å². The third-order valence-corrected chi connectivity index (χ3v) is 5.72. The van der Waals surface area contributed by atoms with E-state index in [1.165, 1.54) is 0 Å². The molecule has 0 fully saturated rings. The molecule has 3 rings (SSSR count). The van der Waals surface area contributed by atoms with Gasteiger partial charge in [-0.25, -0.2) is 5.43 Å². The summed E-state index contributed by atoms with van der Waals surface area (Å²) >= 11 is 0.